The highest BCUT2D eigenvalue weighted by Crippen LogP contribution is 2.31. The molecule has 1 unspecified atom stereocenters. The van der Waals surface area contributed by atoms with E-state index < -0.39 is 45.6 Å². The Hall–Kier alpha value is -1.57. The molecule has 2 aromatic carbocycles. The van der Waals surface area contributed by atoms with E-state index in [1.54, 1.807) is 13.0 Å². The maximum Gasteiger partial charge on any atom is 0.398 e. The van der Waals surface area contributed by atoms with Gasteiger partial charge in [-0.15, -0.1) is 0 Å². The molecule has 9 nitrogen and oxygen atoms in total. The highest BCUT2D eigenvalue weighted by atomic mass is 32.3. The summed E-state index contributed by atoms with van der Waals surface area (Å²) in [6, 6.07) is 6.29. The van der Waals surface area contributed by atoms with E-state index in [4.69, 9.17) is 4.55 Å². The van der Waals surface area contributed by atoms with Crippen molar-refractivity contribution in [3.63, 3.8) is 0 Å². The summed E-state index contributed by atoms with van der Waals surface area (Å²) in [5.41, 5.74) is -1.37. The Balaban J connectivity index is 2.84. The summed E-state index contributed by atoms with van der Waals surface area (Å²) >= 11 is 0. The lowest BCUT2D eigenvalue weighted by Crippen LogP contribution is -2.25. The SMILES string of the molecule is Cc1ccc2cc(S(=O)(=O)O)cc(S(=O)(=O)C(C)OS(=O)(=O)O)c2c1. The van der Waals surface area contributed by atoms with Gasteiger partial charge in [-0.05, 0) is 31.4 Å². The summed E-state index contributed by atoms with van der Waals surface area (Å²) in [6.07, 6.45) is 0. The van der Waals surface area contributed by atoms with Crippen molar-refractivity contribution < 1.29 is 38.5 Å². The van der Waals surface area contributed by atoms with Crippen LogP contribution in [0.1, 0.15) is 12.5 Å². The van der Waals surface area contributed by atoms with Gasteiger partial charge in [-0.3, -0.25) is 9.11 Å². The number of sulfone groups is 1. The second-order valence-corrected chi connectivity index (χ2v) is 9.92. The molecular weight excluding hydrogens is 396 g/mol. The standard InChI is InChI=1S/C13H14O9S3/c1-8-3-4-10-6-11(24(16,17)18)7-13(12(10)5-8)23(14,15)9(2)22-25(19,20)21/h3-7,9H,1-2H3,(H,16,17,18)(H,19,20,21). The molecule has 0 radical (unpaired) electrons. The van der Waals surface area contributed by atoms with Crippen LogP contribution in [0.5, 0.6) is 0 Å². The fraction of sp³-hybridized carbons (Fsp3) is 0.231. The molecule has 0 aliphatic heterocycles. The topological polar surface area (TPSA) is 152 Å². The minimum atomic E-state index is -5.06. The van der Waals surface area contributed by atoms with Crippen molar-refractivity contribution in [2.75, 3.05) is 0 Å². The average Bonchev–Trinajstić information content (AvgIpc) is 2.43. The summed E-state index contributed by atoms with van der Waals surface area (Å²) in [4.78, 5) is -1.24. The first-order chi connectivity index (χ1) is 11.2. The van der Waals surface area contributed by atoms with Crippen molar-refractivity contribution >= 4 is 41.1 Å². The first-order valence-corrected chi connectivity index (χ1v) is 11.0. The summed E-state index contributed by atoms with van der Waals surface area (Å²) in [5, 5.41) is 0.302. The van der Waals surface area contributed by atoms with Crippen molar-refractivity contribution in [3.05, 3.63) is 35.9 Å². The van der Waals surface area contributed by atoms with Gasteiger partial charge >= 0.3 is 10.4 Å². The van der Waals surface area contributed by atoms with E-state index in [1.807, 2.05) is 0 Å². The molecule has 25 heavy (non-hydrogen) atoms. The summed E-state index contributed by atoms with van der Waals surface area (Å²) < 4.78 is 91.7. The second kappa shape index (κ2) is 6.30. The molecule has 0 fully saturated rings. The minimum absolute atomic E-state index is 0.109. The molecule has 0 bridgehead atoms. The quantitative estimate of drug-likeness (QED) is 0.695. The predicted molar refractivity (Wildman–Crippen MR) is 87.8 cm³/mol. The Morgan fingerprint density at radius 2 is 1.56 bits per heavy atom. The molecule has 0 spiro atoms. The first kappa shape index (κ1) is 19.8. The fourth-order valence-electron chi connectivity index (χ4n) is 2.20. The van der Waals surface area contributed by atoms with Crippen LogP contribution in [0.4, 0.5) is 0 Å². The lowest BCUT2D eigenvalue weighted by atomic mass is 10.1. The summed E-state index contributed by atoms with van der Waals surface area (Å²) in [7, 11) is -14.3. The monoisotopic (exact) mass is 410 g/mol. The molecule has 0 aliphatic carbocycles. The molecule has 2 aromatic rings. The Morgan fingerprint density at radius 1 is 0.960 bits per heavy atom. The van der Waals surface area contributed by atoms with Gasteiger partial charge in [0.1, 0.15) is 0 Å². The smallest absolute Gasteiger partial charge is 0.282 e. The lowest BCUT2D eigenvalue weighted by molar-refractivity contribution is 0.251. The van der Waals surface area contributed by atoms with E-state index in [1.165, 1.54) is 12.1 Å². The molecule has 0 aliphatic rings. The van der Waals surface area contributed by atoms with E-state index in [0.717, 1.165) is 13.0 Å². The molecule has 0 aromatic heterocycles. The normalized spacial score (nSPS) is 14.6. The number of fused-ring (bicyclic) bond motifs is 1. The average molecular weight is 410 g/mol. The summed E-state index contributed by atoms with van der Waals surface area (Å²) in [5.74, 6) is 0. The minimum Gasteiger partial charge on any atom is -0.282 e. The highest BCUT2D eigenvalue weighted by molar-refractivity contribution is 7.93. The van der Waals surface area contributed by atoms with Crippen LogP contribution in [0, 0.1) is 6.92 Å². The van der Waals surface area contributed by atoms with E-state index in [-0.39, 0.29) is 10.8 Å². The molecule has 2 rings (SSSR count). The van der Waals surface area contributed by atoms with Gasteiger partial charge in [0.25, 0.3) is 10.1 Å². The van der Waals surface area contributed by atoms with Crippen molar-refractivity contribution in [1.82, 2.24) is 0 Å². The van der Waals surface area contributed by atoms with Crippen LogP contribution in [0.3, 0.4) is 0 Å². The number of benzene rings is 2. The van der Waals surface area contributed by atoms with Crippen LogP contribution < -0.4 is 0 Å². The van der Waals surface area contributed by atoms with Gasteiger partial charge in [0.05, 0.1) is 9.79 Å². The van der Waals surface area contributed by atoms with Gasteiger partial charge in [-0.2, -0.15) is 16.8 Å². The van der Waals surface area contributed by atoms with Crippen LogP contribution in [0.2, 0.25) is 0 Å². The Kier molecular flexibility index (Phi) is 4.98. The van der Waals surface area contributed by atoms with E-state index >= 15 is 0 Å². The maximum atomic E-state index is 12.6. The molecule has 138 valence electrons. The lowest BCUT2D eigenvalue weighted by Gasteiger charge is -2.15. The van der Waals surface area contributed by atoms with Gasteiger partial charge in [0.2, 0.25) is 9.84 Å². The van der Waals surface area contributed by atoms with E-state index in [9.17, 15) is 29.8 Å². The predicted octanol–water partition coefficient (Wildman–Crippen LogP) is 1.33. The maximum absolute atomic E-state index is 12.6. The largest absolute Gasteiger partial charge is 0.398 e. The summed E-state index contributed by atoms with van der Waals surface area (Å²) in [6.45, 7) is 2.54. The molecule has 12 heteroatoms. The van der Waals surface area contributed by atoms with Crippen molar-refractivity contribution in [2.24, 2.45) is 0 Å². The van der Waals surface area contributed by atoms with Crippen LogP contribution in [-0.2, 0) is 34.5 Å². The molecule has 0 saturated carbocycles. The third-order valence-corrected chi connectivity index (χ3v) is 6.75. The zero-order chi connectivity index (χ0) is 19.2. The molecule has 0 amide bonds. The van der Waals surface area contributed by atoms with Crippen LogP contribution >= 0.6 is 0 Å². The molecular formula is C13H14O9S3. The molecule has 0 heterocycles. The second-order valence-electron chi connectivity index (χ2n) is 5.26. The van der Waals surface area contributed by atoms with E-state index in [2.05, 4.69) is 4.18 Å². The van der Waals surface area contributed by atoms with Crippen LogP contribution in [0.15, 0.2) is 40.1 Å². The van der Waals surface area contributed by atoms with Crippen molar-refractivity contribution in [2.45, 2.75) is 29.1 Å². The Morgan fingerprint density at radius 3 is 2.08 bits per heavy atom. The molecule has 1 atom stereocenters. The van der Waals surface area contributed by atoms with Gasteiger partial charge in [0.15, 0.2) is 5.44 Å². The van der Waals surface area contributed by atoms with E-state index in [0.29, 0.717) is 11.6 Å². The van der Waals surface area contributed by atoms with Gasteiger partial charge in [-0.1, -0.05) is 23.8 Å². The first-order valence-electron chi connectivity index (χ1n) is 6.63. The third-order valence-electron chi connectivity index (χ3n) is 3.34. The van der Waals surface area contributed by atoms with Crippen LogP contribution in [-0.4, -0.2) is 39.8 Å². The third kappa shape index (κ3) is 4.34. The molecule has 2 N–H and O–H groups in total. The van der Waals surface area contributed by atoms with Gasteiger partial charge < -0.3 is 0 Å². The number of rotatable bonds is 5. The van der Waals surface area contributed by atoms with Crippen molar-refractivity contribution in [3.8, 4) is 0 Å². The number of hydrogen-bond donors (Lipinski definition) is 2. The van der Waals surface area contributed by atoms with Crippen LogP contribution in [0.25, 0.3) is 10.8 Å². The number of hydrogen-bond acceptors (Lipinski definition) is 7. The zero-order valence-electron chi connectivity index (χ0n) is 12.9. The van der Waals surface area contributed by atoms with Crippen molar-refractivity contribution in [1.29, 1.82) is 0 Å². The molecule has 0 saturated heterocycles. The number of aryl methyl sites for hydroxylation is 1. The zero-order valence-corrected chi connectivity index (χ0v) is 15.4. The van der Waals surface area contributed by atoms with Gasteiger partial charge in [0, 0.05) is 5.39 Å². The Labute approximate surface area is 144 Å². The van der Waals surface area contributed by atoms with Gasteiger partial charge in [-0.25, -0.2) is 12.6 Å². The highest BCUT2D eigenvalue weighted by Gasteiger charge is 2.31. The Bertz CT molecular complexity index is 1150. The fourth-order valence-corrected chi connectivity index (χ4v) is 5.00.